The Balaban J connectivity index is 1.57. The maximum atomic E-state index is 13.2. The average molecular weight is 445 g/mol. The zero-order chi connectivity index (χ0) is 22.0. The van der Waals surface area contributed by atoms with Crippen LogP contribution in [0.1, 0.15) is 42.3 Å². The van der Waals surface area contributed by atoms with Crippen LogP contribution in [0.3, 0.4) is 0 Å². The van der Waals surface area contributed by atoms with Crippen LogP contribution in [-0.2, 0) is 27.8 Å². The number of amides is 1. The van der Waals surface area contributed by atoms with Crippen LogP contribution in [0.2, 0.25) is 0 Å². The number of fused-ring (bicyclic) bond motifs is 1. The summed E-state index contributed by atoms with van der Waals surface area (Å²) in [7, 11) is -0.366. The lowest BCUT2D eigenvalue weighted by molar-refractivity contribution is -0.116. The van der Waals surface area contributed by atoms with Crippen LogP contribution < -0.4 is 16.0 Å². The molecule has 2 aliphatic heterocycles. The van der Waals surface area contributed by atoms with Crippen LogP contribution in [0, 0.1) is 0 Å². The third-order valence-corrected chi connectivity index (χ3v) is 7.58. The predicted molar refractivity (Wildman–Crippen MR) is 118 cm³/mol. The van der Waals surface area contributed by atoms with Crippen molar-refractivity contribution >= 4 is 27.4 Å². The number of aryl methyl sites for hydroxylation is 1. The Morgan fingerprint density at radius 1 is 1.23 bits per heavy atom. The van der Waals surface area contributed by atoms with Crippen molar-refractivity contribution < 1.29 is 13.2 Å². The Morgan fingerprint density at radius 2 is 2.06 bits per heavy atom. The molecule has 0 bridgehead atoms. The summed E-state index contributed by atoms with van der Waals surface area (Å²) in [6, 6.07) is 6.63. The first-order chi connectivity index (χ1) is 14.9. The van der Waals surface area contributed by atoms with Gasteiger partial charge < -0.3 is 16.0 Å². The number of benzene rings is 1. The van der Waals surface area contributed by atoms with Gasteiger partial charge in [0.2, 0.25) is 15.9 Å². The molecule has 3 N–H and O–H groups in total. The van der Waals surface area contributed by atoms with E-state index in [0.717, 1.165) is 37.3 Å². The molecule has 4 rings (SSSR count). The molecule has 1 aromatic carbocycles. The molecule has 1 fully saturated rings. The zero-order valence-corrected chi connectivity index (χ0v) is 18.6. The molecular formula is C21H28N6O3S. The van der Waals surface area contributed by atoms with Crippen LogP contribution in [0.5, 0.6) is 0 Å². The maximum absolute atomic E-state index is 13.2. The van der Waals surface area contributed by atoms with Crippen molar-refractivity contribution in [2.24, 2.45) is 0 Å². The van der Waals surface area contributed by atoms with Gasteiger partial charge in [0, 0.05) is 44.7 Å². The van der Waals surface area contributed by atoms with E-state index < -0.39 is 10.0 Å². The number of carbonyl (C=O) groups excluding carboxylic acids is 1. The Hall–Kier alpha value is -2.56. The topological polar surface area (TPSA) is 116 Å². The second kappa shape index (κ2) is 8.89. The largest absolute Gasteiger partial charge is 0.373 e. The summed E-state index contributed by atoms with van der Waals surface area (Å²) in [6.45, 7) is 1.97. The number of piperidine rings is 1. The highest BCUT2D eigenvalue weighted by molar-refractivity contribution is 7.89. The maximum Gasteiger partial charge on any atom is 0.243 e. The minimum absolute atomic E-state index is 0.0479. The molecule has 0 unspecified atom stereocenters. The van der Waals surface area contributed by atoms with Crippen LogP contribution in [0.25, 0.3) is 0 Å². The molecule has 0 spiro atoms. The molecular weight excluding hydrogens is 416 g/mol. The third kappa shape index (κ3) is 4.70. The highest BCUT2D eigenvalue weighted by atomic mass is 32.2. The summed E-state index contributed by atoms with van der Waals surface area (Å²) in [6.07, 6.45) is 2.98. The van der Waals surface area contributed by atoms with Gasteiger partial charge in [0.05, 0.1) is 17.1 Å². The first kappa shape index (κ1) is 21.7. The number of rotatable bonds is 6. The van der Waals surface area contributed by atoms with Gasteiger partial charge in [0.1, 0.15) is 11.6 Å². The second-order valence-electron chi connectivity index (χ2n) is 8.02. The van der Waals surface area contributed by atoms with E-state index in [-0.39, 0.29) is 23.3 Å². The molecule has 0 aliphatic carbocycles. The lowest BCUT2D eigenvalue weighted by atomic mass is 9.99. The summed E-state index contributed by atoms with van der Waals surface area (Å²) in [5.74, 6) is 1.59. The van der Waals surface area contributed by atoms with E-state index in [9.17, 15) is 13.2 Å². The van der Waals surface area contributed by atoms with Gasteiger partial charge in [0.15, 0.2) is 0 Å². The van der Waals surface area contributed by atoms with Gasteiger partial charge in [-0.25, -0.2) is 18.4 Å². The van der Waals surface area contributed by atoms with Gasteiger partial charge in [-0.3, -0.25) is 4.79 Å². The highest BCUT2D eigenvalue weighted by Crippen LogP contribution is 2.27. The summed E-state index contributed by atoms with van der Waals surface area (Å²) in [5, 5.41) is 9.21. The summed E-state index contributed by atoms with van der Waals surface area (Å²) >= 11 is 0. The van der Waals surface area contributed by atoms with Gasteiger partial charge in [-0.15, -0.1) is 0 Å². The van der Waals surface area contributed by atoms with Gasteiger partial charge >= 0.3 is 0 Å². The number of hydrogen-bond donors (Lipinski definition) is 3. The third-order valence-electron chi connectivity index (χ3n) is 5.78. The van der Waals surface area contributed by atoms with E-state index in [0.29, 0.717) is 30.0 Å². The van der Waals surface area contributed by atoms with Crippen molar-refractivity contribution in [2.75, 3.05) is 37.8 Å². The Kier molecular flexibility index (Phi) is 6.22. The normalized spacial score (nSPS) is 19.1. The fourth-order valence-corrected chi connectivity index (χ4v) is 5.19. The molecule has 1 saturated heterocycles. The van der Waals surface area contributed by atoms with E-state index in [1.807, 2.05) is 0 Å². The molecule has 9 nitrogen and oxygen atoms in total. The second-order valence-corrected chi connectivity index (χ2v) is 10.1. The highest BCUT2D eigenvalue weighted by Gasteiger charge is 2.25. The van der Waals surface area contributed by atoms with Crippen molar-refractivity contribution in [1.82, 2.24) is 19.6 Å². The molecule has 10 heteroatoms. The number of nitrogens with one attached hydrogen (secondary N) is 3. The van der Waals surface area contributed by atoms with Gasteiger partial charge in [-0.2, -0.15) is 4.31 Å². The molecule has 2 aromatic rings. The monoisotopic (exact) mass is 444 g/mol. The first-order valence-corrected chi connectivity index (χ1v) is 12.0. The zero-order valence-electron chi connectivity index (χ0n) is 17.8. The fraction of sp³-hybridized carbons (Fsp3) is 0.476. The van der Waals surface area contributed by atoms with Gasteiger partial charge in [0.25, 0.3) is 0 Å². The quantitative estimate of drug-likeness (QED) is 0.621. The van der Waals surface area contributed by atoms with Crippen molar-refractivity contribution in [1.29, 1.82) is 0 Å². The van der Waals surface area contributed by atoms with Crippen molar-refractivity contribution in [3.63, 3.8) is 0 Å². The van der Waals surface area contributed by atoms with E-state index >= 15 is 0 Å². The first-order valence-electron chi connectivity index (χ1n) is 10.5. The van der Waals surface area contributed by atoms with Crippen molar-refractivity contribution in [2.45, 2.75) is 43.0 Å². The Morgan fingerprint density at radius 3 is 2.81 bits per heavy atom. The van der Waals surface area contributed by atoms with Crippen molar-refractivity contribution in [3.05, 3.63) is 41.3 Å². The molecule has 2 aliphatic rings. The number of nitrogens with zero attached hydrogens (tertiary/aromatic N) is 3. The molecule has 31 heavy (non-hydrogen) atoms. The standard InChI is InChI=1S/C21H28N6O3S/c1-22-19-11-16(24-21(26-19)15-4-3-9-23-12-15)13-27(2)31(29,30)17-6-7-18-14(10-17)5-8-20(28)25-18/h6-7,10-11,15,23H,3-5,8-9,12-13H2,1-2H3,(H,25,28)(H,22,24,26)/t15-/m0/s1. The number of anilines is 2. The summed E-state index contributed by atoms with van der Waals surface area (Å²) < 4.78 is 27.7. The van der Waals surface area contributed by atoms with Crippen LogP contribution >= 0.6 is 0 Å². The van der Waals surface area contributed by atoms with E-state index in [1.54, 1.807) is 32.3 Å². The van der Waals surface area contributed by atoms with E-state index in [4.69, 9.17) is 0 Å². The van der Waals surface area contributed by atoms with Crippen LogP contribution in [0.15, 0.2) is 29.2 Å². The number of sulfonamides is 1. The molecule has 3 heterocycles. The lowest BCUT2D eigenvalue weighted by Crippen LogP contribution is -2.30. The molecule has 1 aromatic heterocycles. The predicted octanol–water partition coefficient (Wildman–Crippen LogP) is 1.69. The number of aromatic nitrogens is 2. The van der Waals surface area contributed by atoms with E-state index in [2.05, 4.69) is 25.9 Å². The summed E-state index contributed by atoms with van der Waals surface area (Å²) in [4.78, 5) is 21.0. The fourth-order valence-electron chi connectivity index (χ4n) is 4.00. The van der Waals surface area contributed by atoms with Gasteiger partial charge in [-0.1, -0.05) is 0 Å². The smallest absolute Gasteiger partial charge is 0.243 e. The average Bonchev–Trinajstić information content (AvgIpc) is 2.78. The van der Waals surface area contributed by atoms with Gasteiger partial charge in [-0.05, 0) is 49.6 Å². The molecule has 0 saturated carbocycles. The van der Waals surface area contributed by atoms with Crippen LogP contribution in [-0.4, -0.2) is 55.8 Å². The minimum atomic E-state index is -3.71. The SMILES string of the molecule is CNc1cc(CN(C)S(=O)(=O)c2ccc3c(c2)CCC(=O)N3)nc([C@H]2CCCNC2)n1. The van der Waals surface area contributed by atoms with E-state index in [1.165, 1.54) is 10.4 Å². The number of hydrogen-bond acceptors (Lipinski definition) is 7. The Labute approximate surface area is 182 Å². The Bertz CT molecular complexity index is 1080. The summed E-state index contributed by atoms with van der Waals surface area (Å²) in [5.41, 5.74) is 2.16. The van der Waals surface area contributed by atoms with Crippen molar-refractivity contribution in [3.8, 4) is 0 Å². The molecule has 0 radical (unpaired) electrons. The molecule has 1 amide bonds. The number of carbonyl (C=O) groups is 1. The molecule has 1 atom stereocenters. The molecule has 166 valence electrons. The minimum Gasteiger partial charge on any atom is -0.373 e. The lowest BCUT2D eigenvalue weighted by Gasteiger charge is -2.23. The van der Waals surface area contributed by atoms with Crippen LogP contribution in [0.4, 0.5) is 11.5 Å².